The van der Waals surface area contributed by atoms with Crippen LogP contribution in [0.15, 0.2) is 22.0 Å². The van der Waals surface area contributed by atoms with Gasteiger partial charge in [0, 0.05) is 30.6 Å². The van der Waals surface area contributed by atoms with E-state index in [1.54, 1.807) is 0 Å². The Morgan fingerprint density at radius 1 is 1.53 bits per heavy atom. The van der Waals surface area contributed by atoms with Crippen LogP contribution in [-0.2, 0) is 26.1 Å². The Labute approximate surface area is 104 Å². The lowest BCUT2D eigenvalue weighted by Gasteiger charge is -2.25. The molecule has 0 aromatic carbocycles. The lowest BCUT2D eigenvalue weighted by Crippen LogP contribution is -2.28. The van der Waals surface area contributed by atoms with Crippen molar-refractivity contribution in [3.63, 3.8) is 0 Å². The second kappa shape index (κ2) is 4.60. The molecular formula is C12H15N3OS. The normalized spacial score (nSPS) is 16.1. The summed E-state index contributed by atoms with van der Waals surface area (Å²) in [5, 5.41) is 6.09. The second-order valence-electron chi connectivity index (χ2n) is 4.32. The molecular weight excluding hydrogens is 234 g/mol. The van der Waals surface area contributed by atoms with Gasteiger partial charge >= 0.3 is 0 Å². The van der Waals surface area contributed by atoms with Crippen molar-refractivity contribution in [2.75, 3.05) is 6.54 Å². The molecule has 0 radical (unpaired) electrons. The Kier molecular flexibility index (Phi) is 2.96. The van der Waals surface area contributed by atoms with Gasteiger partial charge < -0.3 is 10.3 Å². The molecule has 2 N–H and O–H groups in total. The fourth-order valence-corrected chi connectivity index (χ4v) is 3.08. The van der Waals surface area contributed by atoms with Gasteiger partial charge in [0.2, 0.25) is 0 Å². The molecule has 4 nitrogen and oxygen atoms in total. The highest BCUT2D eigenvalue weighted by Gasteiger charge is 2.18. The van der Waals surface area contributed by atoms with Crippen LogP contribution >= 0.6 is 11.3 Å². The topological polar surface area (TPSA) is 55.3 Å². The summed E-state index contributed by atoms with van der Waals surface area (Å²) >= 11 is 1.86. The lowest BCUT2D eigenvalue weighted by atomic mass is 10.1. The quantitative estimate of drug-likeness (QED) is 0.900. The molecule has 0 unspecified atom stereocenters. The van der Waals surface area contributed by atoms with Crippen molar-refractivity contribution in [2.45, 2.75) is 26.1 Å². The number of fused-ring (bicyclic) bond motifs is 1. The first kappa shape index (κ1) is 11.0. The predicted octanol–water partition coefficient (Wildman–Crippen LogP) is 1.75. The summed E-state index contributed by atoms with van der Waals surface area (Å²) in [7, 11) is 0. The molecule has 0 fully saturated rings. The second-order valence-corrected chi connectivity index (χ2v) is 5.32. The molecule has 0 aliphatic carbocycles. The van der Waals surface area contributed by atoms with Crippen LogP contribution in [0.1, 0.15) is 21.9 Å². The summed E-state index contributed by atoms with van der Waals surface area (Å²) in [4.78, 5) is 3.91. The van der Waals surface area contributed by atoms with Crippen molar-refractivity contribution in [3.05, 3.63) is 39.4 Å². The third-order valence-electron chi connectivity index (χ3n) is 3.08. The summed E-state index contributed by atoms with van der Waals surface area (Å²) in [5.41, 5.74) is 7.80. The average molecular weight is 249 g/mol. The molecule has 0 spiro atoms. The van der Waals surface area contributed by atoms with Gasteiger partial charge in [-0.1, -0.05) is 5.16 Å². The van der Waals surface area contributed by atoms with Crippen LogP contribution < -0.4 is 5.73 Å². The molecule has 0 saturated heterocycles. The lowest BCUT2D eigenvalue weighted by molar-refractivity contribution is 0.216. The van der Waals surface area contributed by atoms with Crippen molar-refractivity contribution < 1.29 is 4.52 Å². The minimum atomic E-state index is 0.443. The van der Waals surface area contributed by atoms with Crippen molar-refractivity contribution >= 4 is 11.3 Å². The van der Waals surface area contributed by atoms with Gasteiger partial charge in [0.15, 0.2) is 5.76 Å². The first-order valence-electron chi connectivity index (χ1n) is 5.77. The van der Waals surface area contributed by atoms with E-state index in [9.17, 15) is 0 Å². The molecule has 0 bridgehead atoms. The van der Waals surface area contributed by atoms with Gasteiger partial charge in [-0.25, -0.2) is 0 Å². The van der Waals surface area contributed by atoms with E-state index in [2.05, 4.69) is 21.5 Å². The number of nitrogens with zero attached hydrogens (tertiary/aromatic N) is 2. The number of aromatic nitrogens is 1. The number of hydrogen-bond acceptors (Lipinski definition) is 5. The molecule has 90 valence electrons. The van der Waals surface area contributed by atoms with Gasteiger partial charge in [-0.3, -0.25) is 4.90 Å². The fraction of sp³-hybridized carbons (Fsp3) is 0.417. The first-order chi connectivity index (χ1) is 8.35. The molecule has 1 aliphatic heterocycles. The van der Waals surface area contributed by atoms with Crippen LogP contribution in [0.25, 0.3) is 0 Å². The zero-order chi connectivity index (χ0) is 11.7. The van der Waals surface area contributed by atoms with Gasteiger partial charge in [0.25, 0.3) is 0 Å². The third-order valence-corrected chi connectivity index (χ3v) is 4.11. The zero-order valence-electron chi connectivity index (χ0n) is 9.56. The highest BCUT2D eigenvalue weighted by atomic mass is 32.1. The molecule has 0 atom stereocenters. The van der Waals surface area contributed by atoms with E-state index < -0.39 is 0 Å². The standard InChI is InChI=1S/C12H15N3OS/c13-6-10-5-11(16-14-10)8-15-3-1-12-9(7-15)2-4-17-12/h2,4-5H,1,3,6-8,13H2. The van der Waals surface area contributed by atoms with Crippen molar-refractivity contribution in [3.8, 4) is 0 Å². The van der Waals surface area contributed by atoms with Crippen molar-refractivity contribution in [1.82, 2.24) is 10.1 Å². The summed E-state index contributed by atoms with van der Waals surface area (Å²) in [6.45, 7) is 3.37. The minimum Gasteiger partial charge on any atom is -0.360 e. The van der Waals surface area contributed by atoms with E-state index in [-0.39, 0.29) is 0 Å². The van der Waals surface area contributed by atoms with E-state index in [0.717, 1.165) is 37.5 Å². The van der Waals surface area contributed by atoms with Crippen LogP contribution in [0.3, 0.4) is 0 Å². The van der Waals surface area contributed by atoms with Crippen LogP contribution in [0.4, 0.5) is 0 Å². The molecule has 2 aromatic heterocycles. The smallest absolute Gasteiger partial charge is 0.151 e. The molecule has 0 amide bonds. The SMILES string of the molecule is NCc1cc(CN2CCc3sccc3C2)on1. The van der Waals surface area contributed by atoms with Gasteiger partial charge in [0.1, 0.15) is 0 Å². The zero-order valence-corrected chi connectivity index (χ0v) is 10.4. The molecule has 17 heavy (non-hydrogen) atoms. The largest absolute Gasteiger partial charge is 0.360 e. The summed E-state index contributed by atoms with van der Waals surface area (Å²) in [6, 6.07) is 4.17. The van der Waals surface area contributed by atoms with E-state index >= 15 is 0 Å². The van der Waals surface area contributed by atoms with E-state index in [0.29, 0.717) is 6.54 Å². The Morgan fingerprint density at radius 3 is 3.29 bits per heavy atom. The predicted molar refractivity (Wildman–Crippen MR) is 66.5 cm³/mol. The maximum Gasteiger partial charge on any atom is 0.151 e. The minimum absolute atomic E-state index is 0.443. The monoisotopic (exact) mass is 249 g/mol. The Morgan fingerprint density at radius 2 is 2.47 bits per heavy atom. The maximum absolute atomic E-state index is 5.51. The average Bonchev–Trinajstić information content (AvgIpc) is 2.96. The summed E-state index contributed by atoms with van der Waals surface area (Å²) in [6.07, 6.45) is 1.14. The molecule has 5 heteroatoms. The number of rotatable bonds is 3. The van der Waals surface area contributed by atoms with E-state index in [4.69, 9.17) is 10.3 Å². The Balaban J connectivity index is 1.67. The van der Waals surface area contributed by atoms with Gasteiger partial charge in [-0.05, 0) is 23.4 Å². The van der Waals surface area contributed by atoms with Crippen LogP contribution in [0.2, 0.25) is 0 Å². The van der Waals surface area contributed by atoms with E-state index in [1.165, 1.54) is 10.4 Å². The van der Waals surface area contributed by atoms with Gasteiger partial charge in [-0.15, -0.1) is 11.3 Å². The summed E-state index contributed by atoms with van der Waals surface area (Å²) < 4.78 is 5.26. The molecule has 3 rings (SSSR count). The van der Waals surface area contributed by atoms with Crippen molar-refractivity contribution in [1.29, 1.82) is 0 Å². The van der Waals surface area contributed by atoms with Crippen molar-refractivity contribution in [2.24, 2.45) is 5.73 Å². The highest BCUT2D eigenvalue weighted by Crippen LogP contribution is 2.24. The summed E-state index contributed by atoms with van der Waals surface area (Å²) in [5.74, 6) is 0.907. The molecule has 1 aliphatic rings. The van der Waals surface area contributed by atoms with Crippen LogP contribution in [0, 0.1) is 0 Å². The molecule has 2 aromatic rings. The Bertz CT molecular complexity index is 505. The Hall–Kier alpha value is -1.17. The number of hydrogen-bond donors (Lipinski definition) is 1. The van der Waals surface area contributed by atoms with E-state index in [1.807, 2.05) is 17.4 Å². The maximum atomic E-state index is 5.51. The highest BCUT2D eigenvalue weighted by molar-refractivity contribution is 7.10. The van der Waals surface area contributed by atoms with Gasteiger partial charge in [0.05, 0.1) is 12.2 Å². The first-order valence-corrected chi connectivity index (χ1v) is 6.65. The van der Waals surface area contributed by atoms with Crippen LogP contribution in [-0.4, -0.2) is 16.6 Å². The fourth-order valence-electron chi connectivity index (χ4n) is 2.19. The number of nitrogens with two attached hydrogens (primary N) is 1. The van der Waals surface area contributed by atoms with Crippen LogP contribution in [0.5, 0.6) is 0 Å². The molecule has 3 heterocycles. The molecule has 0 saturated carbocycles. The third kappa shape index (κ3) is 2.26. The number of thiophene rings is 1. The van der Waals surface area contributed by atoms with Gasteiger partial charge in [-0.2, -0.15) is 0 Å².